The standard InChI is InChI=1S/C9H16FNO/c1-7-2-3-9(6-12)4-8(10)5-11(7)9/h7-8,12H,2-6H2,1H3/t7?,8-,9+/m0/s1. The van der Waals surface area contributed by atoms with Crippen LogP contribution in [0.25, 0.3) is 0 Å². The Morgan fingerprint density at radius 1 is 1.67 bits per heavy atom. The van der Waals surface area contributed by atoms with E-state index in [1.807, 2.05) is 0 Å². The lowest BCUT2D eigenvalue weighted by atomic mass is 9.95. The van der Waals surface area contributed by atoms with Crippen LogP contribution in [-0.4, -0.2) is 40.9 Å². The molecule has 0 radical (unpaired) electrons. The normalized spacial score (nSPS) is 48.2. The highest BCUT2D eigenvalue weighted by molar-refractivity contribution is 5.05. The second-order valence-electron chi connectivity index (χ2n) is 4.22. The molecule has 0 aromatic rings. The smallest absolute Gasteiger partial charge is 0.115 e. The molecule has 1 unspecified atom stereocenters. The molecular formula is C9H16FNO. The van der Waals surface area contributed by atoms with E-state index in [9.17, 15) is 9.50 Å². The van der Waals surface area contributed by atoms with Crippen molar-refractivity contribution in [3.63, 3.8) is 0 Å². The van der Waals surface area contributed by atoms with Crippen molar-refractivity contribution in [2.75, 3.05) is 13.2 Å². The van der Waals surface area contributed by atoms with Gasteiger partial charge in [-0.2, -0.15) is 0 Å². The Kier molecular flexibility index (Phi) is 1.88. The summed E-state index contributed by atoms with van der Waals surface area (Å²) in [7, 11) is 0. The van der Waals surface area contributed by atoms with Crippen molar-refractivity contribution in [2.24, 2.45) is 0 Å². The number of aliphatic hydroxyl groups is 1. The number of halogens is 1. The van der Waals surface area contributed by atoms with Gasteiger partial charge in [-0.05, 0) is 19.8 Å². The summed E-state index contributed by atoms with van der Waals surface area (Å²) in [5.74, 6) is 0. The maximum absolute atomic E-state index is 13.1. The quantitative estimate of drug-likeness (QED) is 0.638. The SMILES string of the molecule is CC1CC[C@]2(CO)C[C@H](F)CN12. The number of hydrogen-bond donors (Lipinski definition) is 1. The number of alkyl halides is 1. The number of rotatable bonds is 1. The molecule has 70 valence electrons. The van der Waals surface area contributed by atoms with Crippen molar-refractivity contribution in [1.82, 2.24) is 4.90 Å². The zero-order valence-corrected chi connectivity index (χ0v) is 7.46. The van der Waals surface area contributed by atoms with Crippen LogP contribution in [-0.2, 0) is 0 Å². The van der Waals surface area contributed by atoms with Crippen LogP contribution in [0, 0.1) is 0 Å². The van der Waals surface area contributed by atoms with E-state index in [2.05, 4.69) is 11.8 Å². The summed E-state index contributed by atoms with van der Waals surface area (Å²) in [6.07, 6.45) is 1.88. The summed E-state index contributed by atoms with van der Waals surface area (Å²) in [6.45, 7) is 2.77. The molecule has 0 aromatic heterocycles. The van der Waals surface area contributed by atoms with Gasteiger partial charge in [0, 0.05) is 24.5 Å². The van der Waals surface area contributed by atoms with Gasteiger partial charge >= 0.3 is 0 Å². The predicted molar refractivity (Wildman–Crippen MR) is 44.7 cm³/mol. The Labute approximate surface area is 72.4 Å². The van der Waals surface area contributed by atoms with Crippen LogP contribution in [0.4, 0.5) is 4.39 Å². The average molecular weight is 173 g/mol. The zero-order valence-electron chi connectivity index (χ0n) is 7.46. The fourth-order valence-corrected chi connectivity index (χ4v) is 2.76. The van der Waals surface area contributed by atoms with Gasteiger partial charge < -0.3 is 5.11 Å². The van der Waals surface area contributed by atoms with Gasteiger partial charge in [0.1, 0.15) is 6.17 Å². The van der Waals surface area contributed by atoms with Gasteiger partial charge in [0.25, 0.3) is 0 Å². The molecule has 0 saturated carbocycles. The van der Waals surface area contributed by atoms with Crippen LogP contribution in [0.15, 0.2) is 0 Å². The number of nitrogens with zero attached hydrogens (tertiary/aromatic N) is 1. The number of fused-ring (bicyclic) bond motifs is 1. The summed E-state index contributed by atoms with van der Waals surface area (Å²) >= 11 is 0. The molecule has 0 bridgehead atoms. The zero-order chi connectivity index (χ0) is 8.77. The number of hydrogen-bond acceptors (Lipinski definition) is 2. The summed E-state index contributed by atoms with van der Waals surface area (Å²) in [5, 5.41) is 9.25. The van der Waals surface area contributed by atoms with Gasteiger partial charge in [-0.3, -0.25) is 4.90 Å². The van der Waals surface area contributed by atoms with Crippen molar-refractivity contribution in [2.45, 2.75) is 43.9 Å². The molecule has 2 fully saturated rings. The molecule has 2 aliphatic rings. The summed E-state index contributed by atoms with van der Waals surface area (Å²) < 4.78 is 13.1. The first-order chi connectivity index (χ1) is 5.68. The first-order valence-corrected chi connectivity index (χ1v) is 4.70. The van der Waals surface area contributed by atoms with Crippen LogP contribution in [0.5, 0.6) is 0 Å². The summed E-state index contributed by atoms with van der Waals surface area (Å²) in [5.41, 5.74) is -0.196. The van der Waals surface area contributed by atoms with Crippen LogP contribution in [0.3, 0.4) is 0 Å². The van der Waals surface area contributed by atoms with E-state index < -0.39 is 6.17 Å². The Balaban J connectivity index is 2.19. The van der Waals surface area contributed by atoms with Crippen LogP contribution < -0.4 is 0 Å². The van der Waals surface area contributed by atoms with Crippen molar-refractivity contribution in [1.29, 1.82) is 0 Å². The third-order valence-corrected chi connectivity index (χ3v) is 3.46. The second-order valence-corrected chi connectivity index (χ2v) is 4.22. The van der Waals surface area contributed by atoms with Gasteiger partial charge in [-0.15, -0.1) is 0 Å². The van der Waals surface area contributed by atoms with Crippen LogP contribution in [0.2, 0.25) is 0 Å². The van der Waals surface area contributed by atoms with Gasteiger partial charge in [0.15, 0.2) is 0 Å². The minimum absolute atomic E-state index is 0.123. The van der Waals surface area contributed by atoms with E-state index >= 15 is 0 Å². The molecule has 3 atom stereocenters. The minimum Gasteiger partial charge on any atom is -0.394 e. The highest BCUT2D eigenvalue weighted by atomic mass is 19.1. The lowest BCUT2D eigenvalue weighted by Gasteiger charge is -2.31. The molecule has 2 rings (SSSR count). The molecule has 2 nitrogen and oxygen atoms in total. The first kappa shape index (κ1) is 8.45. The topological polar surface area (TPSA) is 23.5 Å². The lowest BCUT2D eigenvalue weighted by Crippen LogP contribution is -2.44. The third kappa shape index (κ3) is 0.995. The average Bonchev–Trinajstić information content (AvgIpc) is 2.51. The molecule has 1 N–H and O–H groups in total. The highest BCUT2D eigenvalue weighted by Crippen LogP contribution is 2.42. The summed E-state index contributed by atoms with van der Waals surface area (Å²) in [6, 6.07) is 0.456. The van der Waals surface area contributed by atoms with Crippen molar-refractivity contribution >= 4 is 0 Å². The van der Waals surface area contributed by atoms with Crippen LogP contribution in [0.1, 0.15) is 26.2 Å². The van der Waals surface area contributed by atoms with E-state index in [1.54, 1.807) is 0 Å². The maximum Gasteiger partial charge on any atom is 0.115 e. The second kappa shape index (κ2) is 2.67. The van der Waals surface area contributed by atoms with Crippen molar-refractivity contribution in [3.8, 4) is 0 Å². The van der Waals surface area contributed by atoms with Crippen molar-refractivity contribution < 1.29 is 9.50 Å². The van der Waals surface area contributed by atoms with Crippen molar-refractivity contribution in [3.05, 3.63) is 0 Å². The first-order valence-electron chi connectivity index (χ1n) is 4.70. The van der Waals surface area contributed by atoms with Gasteiger partial charge in [0.2, 0.25) is 0 Å². The molecule has 0 aromatic carbocycles. The molecule has 3 heteroatoms. The van der Waals surface area contributed by atoms with Gasteiger partial charge in [-0.25, -0.2) is 4.39 Å². The van der Waals surface area contributed by atoms with Crippen LogP contribution >= 0.6 is 0 Å². The Morgan fingerprint density at radius 2 is 2.42 bits per heavy atom. The number of aliphatic hydroxyl groups excluding tert-OH is 1. The highest BCUT2D eigenvalue weighted by Gasteiger charge is 2.50. The molecule has 2 saturated heterocycles. The summed E-state index contributed by atoms with van der Waals surface area (Å²) in [4.78, 5) is 2.15. The third-order valence-electron chi connectivity index (χ3n) is 3.46. The fourth-order valence-electron chi connectivity index (χ4n) is 2.76. The van der Waals surface area contributed by atoms with E-state index in [0.29, 0.717) is 19.0 Å². The molecule has 0 aliphatic carbocycles. The maximum atomic E-state index is 13.1. The van der Waals surface area contributed by atoms with Gasteiger partial charge in [-0.1, -0.05) is 0 Å². The van der Waals surface area contributed by atoms with E-state index in [4.69, 9.17) is 0 Å². The minimum atomic E-state index is -0.722. The molecular weight excluding hydrogens is 157 g/mol. The Bertz CT molecular complexity index is 187. The lowest BCUT2D eigenvalue weighted by molar-refractivity contribution is 0.0818. The molecule has 2 aliphatic heterocycles. The largest absolute Gasteiger partial charge is 0.394 e. The Morgan fingerprint density at radius 3 is 3.00 bits per heavy atom. The van der Waals surface area contributed by atoms with Gasteiger partial charge in [0.05, 0.1) is 6.61 Å². The van der Waals surface area contributed by atoms with E-state index in [1.165, 1.54) is 0 Å². The van der Waals surface area contributed by atoms with E-state index in [-0.39, 0.29) is 12.1 Å². The molecule has 0 spiro atoms. The van der Waals surface area contributed by atoms with E-state index in [0.717, 1.165) is 12.8 Å². The molecule has 12 heavy (non-hydrogen) atoms. The fraction of sp³-hybridized carbons (Fsp3) is 1.00. The molecule has 2 heterocycles. The molecule has 0 amide bonds. The Hall–Kier alpha value is -0.150. The monoisotopic (exact) mass is 173 g/mol. The predicted octanol–water partition coefficient (Wildman–Crippen LogP) is 0.944.